The van der Waals surface area contributed by atoms with Crippen molar-refractivity contribution in [3.8, 4) is 11.5 Å². The molecule has 0 aliphatic carbocycles. The molecular formula is C17H21FN2O. The largest absolute Gasteiger partial charge is 0.457 e. The van der Waals surface area contributed by atoms with E-state index in [1.807, 2.05) is 26.1 Å². The number of hydrogen-bond acceptors (Lipinski definition) is 3. The van der Waals surface area contributed by atoms with Crippen molar-refractivity contribution in [3.05, 3.63) is 53.1 Å². The van der Waals surface area contributed by atoms with E-state index in [1.165, 1.54) is 12.1 Å². The summed E-state index contributed by atoms with van der Waals surface area (Å²) in [6.07, 6.45) is 2.90. The van der Waals surface area contributed by atoms with Gasteiger partial charge in [0.15, 0.2) is 0 Å². The number of nitrogens with zero attached hydrogens (tertiary/aromatic N) is 1. The van der Waals surface area contributed by atoms with Crippen LogP contribution in [0.25, 0.3) is 0 Å². The van der Waals surface area contributed by atoms with Gasteiger partial charge in [-0.1, -0.05) is 6.92 Å². The number of nitrogens with one attached hydrogen (secondary N) is 1. The summed E-state index contributed by atoms with van der Waals surface area (Å²) in [6.45, 7) is 7.54. The number of benzene rings is 1. The van der Waals surface area contributed by atoms with Crippen LogP contribution in [0, 0.1) is 19.7 Å². The van der Waals surface area contributed by atoms with Gasteiger partial charge in [-0.2, -0.15) is 0 Å². The average Bonchev–Trinajstić information content (AvgIpc) is 2.44. The molecule has 0 atom stereocenters. The van der Waals surface area contributed by atoms with Crippen molar-refractivity contribution in [2.75, 3.05) is 6.54 Å². The van der Waals surface area contributed by atoms with Gasteiger partial charge in [-0.15, -0.1) is 0 Å². The molecule has 1 N–H and O–H groups in total. The van der Waals surface area contributed by atoms with Crippen LogP contribution in [0.3, 0.4) is 0 Å². The molecule has 1 aromatic carbocycles. The molecular weight excluding hydrogens is 267 g/mol. The lowest BCUT2D eigenvalue weighted by molar-refractivity contribution is 0.465. The van der Waals surface area contributed by atoms with Crippen molar-refractivity contribution >= 4 is 0 Å². The molecule has 0 unspecified atom stereocenters. The van der Waals surface area contributed by atoms with Gasteiger partial charge >= 0.3 is 0 Å². The first-order valence-corrected chi connectivity index (χ1v) is 7.20. The molecule has 112 valence electrons. The Hall–Kier alpha value is -1.94. The lowest BCUT2D eigenvalue weighted by Crippen LogP contribution is -2.14. The Morgan fingerprint density at radius 1 is 1.19 bits per heavy atom. The van der Waals surface area contributed by atoms with Gasteiger partial charge in [0.1, 0.15) is 17.3 Å². The first-order chi connectivity index (χ1) is 10.1. The molecule has 1 aromatic heterocycles. The van der Waals surface area contributed by atoms with Crippen LogP contribution in [0.15, 0.2) is 30.5 Å². The van der Waals surface area contributed by atoms with Crippen LogP contribution in [-0.4, -0.2) is 11.5 Å². The fourth-order valence-corrected chi connectivity index (χ4v) is 2.04. The molecule has 4 heteroatoms. The average molecular weight is 288 g/mol. The fourth-order valence-electron chi connectivity index (χ4n) is 2.04. The Morgan fingerprint density at radius 2 is 2.00 bits per heavy atom. The van der Waals surface area contributed by atoms with Crippen LogP contribution < -0.4 is 10.1 Å². The summed E-state index contributed by atoms with van der Waals surface area (Å²) in [6, 6.07) is 6.44. The van der Waals surface area contributed by atoms with Gasteiger partial charge in [0.25, 0.3) is 0 Å². The maximum absolute atomic E-state index is 13.2. The van der Waals surface area contributed by atoms with Crippen molar-refractivity contribution in [1.29, 1.82) is 0 Å². The van der Waals surface area contributed by atoms with Gasteiger partial charge in [0, 0.05) is 30.1 Å². The Bertz CT molecular complexity index is 614. The minimum Gasteiger partial charge on any atom is -0.457 e. The molecule has 0 spiro atoms. The van der Waals surface area contributed by atoms with Gasteiger partial charge in [-0.05, 0) is 50.6 Å². The van der Waals surface area contributed by atoms with Crippen molar-refractivity contribution < 1.29 is 9.13 Å². The van der Waals surface area contributed by atoms with Crippen LogP contribution in [0.5, 0.6) is 11.5 Å². The summed E-state index contributed by atoms with van der Waals surface area (Å²) in [5.74, 6) is 1.18. The smallest absolute Gasteiger partial charge is 0.135 e. The normalized spacial score (nSPS) is 10.7. The SMILES string of the molecule is CCCNCc1cnc(C)cc1Oc1ccc(F)cc1C. The summed E-state index contributed by atoms with van der Waals surface area (Å²) in [5.41, 5.74) is 2.67. The topological polar surface area (TPSA) is 34.2 Å². The molecule has 0 aliphatic heterocycles. The number of hydrogen-bond donors (Lipinski definition) is 1. The standard InChI is InChI=1S/C17H21FN2O/c1-4-7-19-10-14-11-20-13(3)9-17(14)21-16-6-5-15(18)8-12(16)2/h5-6,8-9,11,19H,4,7,10H2,1-3H3. The zero-order valence-electron chi connectivity index (χ0n) is 12.7. The van der Waals surface area contributed by atoms with Gasteiger partial charge in [-0.3, -0.25) is 4.98 Å². The molecule has 0 aliphatic rings. The Kier molecular flexibility index (Phi) is 5.28. The summed E-state index contributed by atoms with van der Waals surface area (Å²) < 4.78 is 19.1. The van der Waals surface area contributed by atoms with Crippen molar-refractivity contribution in [2.45, 2.75) is 33.7 Å². The predicted molar refractivity (Wildman–Crippen MR) is 82.2 cm³/mol. The molecule has 3 nitrogen and oxygen atoms in total. The third kappa shape index (κ3) is 4.26. The molecule has 0 fully saturated rings. The zero-order valence-corrected chi connectivity index (χ0v) is 12.7. The minimum atomic E-state index is -0.254. The summed E-state index contributed by atoms with van der Waals surface area (Å²) >= 11 is 0. The second-order valence-electron chi connectivity index (χ2n) is 5.12. The van der Waals surface area contributed by atoms with Gasteiger partial charge in [0.05, 0.1) is 0 Å². The summed E-state index contributed by atoms with van der Waals surface area (Å²) in [7, 11) is 0. The predicted octanol–water partition coefficient (Wildman–Crippen LogP) is 4.13. The van der Waals surface area contributed by atoms with Gasteiger partial charge in [-0.25, -0.2) is 4.39 Å². The van der Waals surface area contributed by atoms with E-state index >= 15 is 0 Å². The van der Waals surface area contributed by atoms with E-state index in [1.54, 1.807) is 6.07 Å². The van der Waals surface area contributed by atoms with Crippen molar-refractivity contribution in [2.24, 2.45) is 0 Å². The lowest BCUT2D eigenvalue weighted by atomic mass is 10.2. The zero-order chi connectivity index (χ0) is 15.2. The second kappa shape index (κ2) is 7.18. The van der Waals surface area contributed by atoms with E-state index in [0.717, 1.165) is 35.5 Å². The highest BCUT2D eigenvalue weighted by Gasteiger charge is 2.08. The number of pyridine rings is 1. The van der Waals surface area contributed by atoms with Crippen LogP contribution >= 0.6 is 0 Å². The minimum absolute atomic E-state index is 0.254. The second-order valence-corrected chi connectivity index (χ2v) is 5.12. The highest BCUT2D eigenvalue weighted by atomic mass is 19.1. The highest BCUT2D eigenvalue weighted by Crippen LogP contribution is 2.28. The molecule has 2 rings (SSSR count). The first-order valence-electron chi connectivity index (χ1n) is 7.20. The maximum atomic E-state index is 13.2. The summed E-state index contributed by atoms with van der Waals surface area (Å²) in [5, 5.41) is 3.34. The van der Waals surface area contributed by atoms with Crippen LogP contribution in [0.4, 0.5) is 4.39 Å². The number of ether oxygens (including phenoxy) is 1. The monoisotopic (exact) mass is 288 g/mol. The molecule has 0 bridgehead atoms. The Labute approximate surface area is 125 Å². The maximum Gasteiger partial charge on any atom is 0.135 e. The molecule has 21 heavy (non-hydrogen) atoms. The van der Waals surface area contributed by atoms with Crippen LogP contribution in [0.1, 0.15) is 30.2 Å². The molecule has 0 radical (unpaired) electrons. The van der Waals surface area contributed by atoms with E-state index in [4.69, 9.17) is 4.74 Å². The van der Waals surface area contributed by atoms with E-state index in [-0.39, 0.29) is 5.82 Å². The highest BCUT2D eigenvalue weighted by molar-refractivity contribution is 5.41. The van der Waals surface area contributed by atoms with E-state index in [2.05, 4.69) is 17.2 Å². The fraction of sp³-hybridized carbons (Fsp3) is 0.353. The molecule has 2 aromatic rings. The van der Waals surface area contributed by atoms with Gasteiger partial charge in [0.2, 0.25) is 0 Å². The summed E-state index contributed by atoms with van der Waals surface area (Å²) in [4.78, 5) is 4.32. The number of aryl methyl sites for hydroxylation is 2. The first kappa shape index (κ1) is 15.4. The van der Waals surface area contributed by atoms with E-state index < -0.39 is 0 Å². The lowest BCUT2D eigenvalue weighted by Gasteiger charge is -2.14. The number of halogens is 1. The van der Waals surface area contributed by atoms with E-state index in [9.17, 15) is 4.39 Å². The Balaban J connectivity index is 2.22. The quantitative estimate of drug-likeness (QED) is 0.812. The van der Waals surface area contributed by atoms with E-state index in [0.29, 0.717) is 12.3 Å². The van der Waals surface area contributed by atoms with Crippen LogP contribution in [-0.2, 0) is 6.54 Å². The third-order valence-corrected chi connectivity index (χ3v) is 3.18. The van der Waals surface area contributed by atoms with Crippen molar-refractivity contribution in [3.63, 3.8) is 0 Å². The molecule has 1 heterocycles. The molecule has 0 saturated heterocycles. The Morgan fingerprint density at radius 3 is 2.71 bits per heavy atom. The van der Waals surface area contributed by atoms with Crippen molar-refractivity contribution in [1.82, 2.24) is 10.3 Å². The van der Waals surface area contributed by atoms with Gasteiger partial charge < -0.3 is 10.1 Å². The number of rotatable bonds is 6. The molecule has 0 saturated carbocycles. The third-order valence-electron chi connectivity index (χ3n) is 3.18. The molecule has 0 amide bonds. The number of aromatic nitrogens is 1. The van der Waals surface area contributed by atoms with Crippen LogP contribution in [0.2, 0.25) is 0 Å².